The Balaban J connectivity index is 1.33. The van der Waals surface area contributed by atoms with Gasteiger partial charge in [-0.25, -0.2) is 0 Å². The highest BCUT2D eigenvalue weighted by Crippen LogP contribution is 2.32. The number of nitrogens with one attached hydrogen (secondary N) is 1. The summed E-state index contributed by atoms with van der Waals surface area (Å²) in [7, 11) is 0. The standard InChI is InChI=1S/C21H24F3N3OS/c22-21(23,24)16-4-1-5-17(14-16)25-9-11-26(12-10-25)20(28)15-27-8-2-6-18(27)19-7-3-13-29-19/h1,3-5,7,13-14,18H,2,6,8-12,15H2/p+1/t18-/m1/s1. The quantitative estimate of drug-likeness (QED) is 0.818. The predicted octanol–water partition coefficient (Wildman–Crippen LogP) is 2.84. The van der Waals surface area contributed by atoms with Gasteiger partial charge in [-0.05, 0) is 29.6 Å². The Morgan fingerprint density at radius 2 is 1.93 bits per heavy atom. The molecule has 1 aromatic carbocycles. The van der Waals surface area contributed by atoms with Crippen LogP contribution < -0.4 is 9.80 Å². The molecule has 0 spiro atoms. The molecule has 156 valence electrons. The number of carbonyl (C=O) groups is 1. The van der Waals surface area contributed by atoms with Gasteiger partial charge in [0.2, 0.25) is 0 Å². The predicted molar refractivity (Wildman–Crippen MR) is 107 cm³/mol. The smallest absolute Gasteiger partial charge is 0.368 e. The lowest BCUT2D eigenvalue weighted by atomic mass is 10.1. The van der Waals surface area contributed by atoms with E-state index in [4.69, 9.17) is 0 Å². The fraction of sp³-hybridized carbons (Fsp3) is 0.476. The zero-order chi connectivity index (χ0) is 20.4. The molecule has 0 bridgehead atoms. The van der Waals surface area contributed by atoms with E-state index in [-0.39, 0.29) is 5.91 Å². The number of anilines is 1. The molecule has 2 aromatic rings. The molecule has 2 aliphatic heterocycles. The van der Waals surface area contributed by atoms with Crippen LogP contribution in [0.5, 0.6) is 0 Å². The van der Waals surface area contributed by atoms with Crippen molar-refractivity contribution >= 4 is 22.9 Å². The van der Waals surface area contributed by atoms with Gasteiger partial charge in [0.1, 0.15) is 6.04 Å². The molecule has 0 saturated carbocycles. The number of carbonyl (C=O) groups excluding carboxylic acids is 1. The van der Waals surface area contributed by atoms with E-state index in [1.807, 2.05) is 9.80 Å². The molecule has 29 heavy (non-hydrogen) atoms. The number of alkyl halides is 3. The van der Waals surface area contributed by atoms with Crippen LogP contribution in [-0.4, -0.2) is 50.1 Å². The number of amides is 1. The van der Waals surface area contributed by atoms with Gasteiger partial charge in [-0.1, -0.05) is 12.1 Å². The van der Waals surface area contributed by atoms with Gasteiger partial charge < -0.3 is 14.7 Å². The first-order valence-corrected chi connectivity index (χ1v) is 10.9. The van der Waals surface area contributed by atoms with Crippen LogP contribution in [0.3, 0.4) is 0 Å². The van der Waals surface area contributed by atoms with Crippen molar-refractivity contribution in [2.24, 2.45) is 0 Å². The molecule has 4 nitrogen and oxygen atoms in total. The number of rotatable bonds is 4. The number of hydrogen-bond donors (Lipinski definition) is 1. The normalized spacial score (nSPS) is 22.9. The Labute approximate surface area is 172 Å². The average molecular weight is 425 g/mol. The summed E-state index contributed by atoms with van der Waals surface area (Å²) >= 11 is 1.75. The van der Waals surface area contributed by atoms with Crippen molar-refractivity contribution < 1.29 is 22.9 Å². The van der Waals surface area contributed by atoms with Crippen LogP contribution in [0, 0.1) is 0 Å². The molecule has 1 aromatic heterocycles. The Morgan fingerprint density at radius 3 is 2.62 bits per heavy atom. The van der Waals surface area contributed by atoms with E-state index in [9.17, 15) is 18.0 Å². The van der Waals surface area contributed by atoms with Gasteiger partial charge in [0.25, 0.3) is 5.91 Å². The monoisotopic (exact) mass is 424 g/mol. The van der Waals surface area contributed by atoms with Gasteiger partial charge in [0.05, 0.1) is 17.0 Å². The molecule has 8 heteroatoms. The van der Waals surface area contributed by atoms with Crippen molar-refractivity contribution in [2.45, 2.75) is 25.1 Å². The van der Waals surface area contributed by atoms with Crippen molar-refractivity contribution in [1.29, 1.82) is 0 Å². The molecular weight excluding hydrogens is 399 g/mol. The Bertz CT molecular complexity index is 832. The van der Waals surface area contributed by atoms with Gasteiger partial charge in [-0.15, -0.1) is 11.3 Å². The third kappa shape index (κ3) is 4.59. The van der Waals surface area contributed by atoms with Crippen LogP contribution in [0.1, 0.15) is 29.3 Å². The minimum absolute atomic E-state index is 0.146. The van der Waals surface area contributed by atoms with Crippen molar-refractivity contribution in [1.82, 2.24) is 4.90 Å². The number of thiophene rings is 1. The largest absolute Gasteiger partial charge is 0.416 e. The third-order valence-electron chi connectivity index (χ3n) is 5.92. The summed E-state index contributed by atoms with van der Waals surface area (Å²) in [6.07, 6.45) is -2.09. The molecule has 2 saturated heterocycles. The number of hydrogen-bond acceptors (Lipinski definition) is 3. The number of benzene rings is 1. The first-order chi connectivity index (χ1) is 13.9. The zero-order valence-corrected chi connectivity index (χ0v) is 16.9. The van der Waals surface area contributed by atoms with Crippen LogP contribution in [0.2, 0.25) is 0 Å². The maximum absolute atomic E-state index is 13.0. The summed E-state index contributed by atoms with van der Waals surface area (Å²) < 4.78 is 38.9. The van der Waals surface area contributed by atoms with Crippen LogP contribution in [0.25, 0.3) is 0 Å². The minimum atomic E-state index is -4.34. The number of quaternary nitrogens is 1. The Kier molecular flexibility index (Phi) is 5.83. The lowest BCUT2D eigenvalue weighted by Gasteiger charge is -2.36. The molecule has 2 atom stereocenters. The minimum Gasteiger partial charge on any atom is -0.368 e. The first-order valence-electron chi connectivity index (χ1n) is 10.00. The summed E-state index contributed by atoms with van der Waals surface area (Å²) in [5.74, 6) is 0.146. The second-order valence-corrected chi connectivity index (χ2v) is 8.69. The van der Waals surface area contributed by atoms with E-state index in [1.165, 1.54) is 21.9 Å². The van der Waals surface area contributed by atoms with Gasteiger partial charge >= 0.3 is 6.18 Å². The molecule has 2 aliphatic rings. The van der Waals surface area contributed by atoms with Crippen molar-refractivity contribution in [2.75, 3.05) is 44.2 Å². The SMILES string of the molecule is O=C(C[NH+]1CCC[C@@H]1c1cccs1)N1CCN(c2cccc(C(F)(F)F)c2)CC1. The van der Waals surface area contributed by atoms with Gasteiger partial charge in [-0.2, -0.15) is 13.2 Å². The first kappa shape index (κ1) is 20.2. The van der Waals surface area contributed by atoms with E-state index in [0.717, 1.165) is 25.5 Å². The number of piperazine rings is 1. The van der Waals surface area contributed by atoms with E-state index >= 15 is 0 Å². The fourth-order valence-electron chi connectivity index (χ4n) is 4.36. The lowest BCUT2D eigenvalue weighted by molar-refractivity contribution is -0.910. The molecule has 0 aliphatic carbocycles. The summed E-state index contributed by atoms with van der Waals surface area (Å²) in [6.45, 7) is 3.70. The number of halogens is 3. The van der Waals surface area contributed by atoms with E-state index in [0.29, 0.717) is 44.5 Å². The van der Waals surface area contributed by atoms with Gasteiger partial charge in [0.15, 0.2) is 6.54 Å². The van der Waals surface area contributed by atoms with Crippen molar-refractivity contribution in [3.63, 3.8) is 0 Å². The summed E-state index contributed by atoms with van der Waals surface area (Å²) in [5.41, 5.74) is -0.0689. The fourth-order valence-corrected chi connectivity index (χ4v) is 5.28. The molecule has 4 rings (SSSR count). The Hall–Kier alpha value is -2.06. The highest BCUT2D eigenvalue weighted by atomic mass is 32.1. The summed E-state index contributed by atoms with van der Waals surface area (Å²) in [5, 5.41) is 2.08. The van der Waals surface area contributed by atoms with Gasteiger partial charge in [-0.3, -0.25) is 4.79 Å². The highest BCUT2D eigenvalue weighted by Gasteiger charge is 2.34. The highest BCUT2D eigenvalue weighted by molar-refractivity contribution is 7.10. The lowest BCUT2D eigenvalue weighted by Crippen LogP contribution is -3.11. The van der Waals surface area contributed by atoms with Gasteiger partial charge in [0, 0.05) is 44.7 Å². The molecule has 2 fully saturated rings. The number of likely N-dealkylation sites (tertiary alicyclic amines) is 1. The third-order valence-corrected chi connectivity index (χ3v) is 6.91. The van der Waals surface area contributed by atoms with Crippen molar-refractivity contribution in [3.05, 3.63) is 52.2 Å². The van der Waals surface area contributed by atoms with Crippen molar-refractivity contribution in [3.8, 4) is 0 Å². The molecule has 0 radical (unpaired) electrons. The Morgan fingerprint density at radius 1 is 1.14 bits per heavy atom. The topological polar surface area (TPSA) is 28.0 Å². The van der Waals surface area contributed by atoms with Crippen LogP contribution in [0.15, 0.2) is 41.8 Å². The van der Waals surface area contributed by atoms with Crippen LogP contribution >= 0.6 is 11.3 Å². The second kappa shape index (κ2) is 8.36. The summed E-state index contributed by atoms with van der Waals surface area (Å²) in [4.78, 5) is 19.3. The molecule has 1 amide bonds. The molecule has 1 unspecified atom stereocenters. The van der Waals surface area contributed by atoms with E-state index in [1.54, 1.807) is 17.4 Å². The number of nitrogens with zero attached hydrogens (tertiary/aromatic N) is 2. The maximum atomic E-state index is 13.0. The van der Waals surface area contributed by atoms with Crippen LogP contribution in [-0.2, 0) is 11.0 Å². The summed E-state index contributed by atoms with van der Waals surface area (Å²) in [6, 6.07) is 10.0. The maximum Gasteiger partial charge on any atom is 0.416 e. The average Bonchev–Trinajstić information content (AvgIpc) is 3.39. The second-order valence-electron chi connectivity index (χ2n) is 7.71. The molecule has 3 heterocycles. The zero-order valence-electron chi connectivity index (χ0n) is 16.1. The van der Waals surface area contributed by atoms with E-state index in [2.05, 4.69) is 17.5 Å². The molecule has 1 N–H and O–H groups in total. The molecular formula is C21H25F3N3OS+. The van der Waals surface area contributed by atoms with Crippen LogP contribution in [0.4, 0.5) is 18.9 Å². The van der Waals surface area contributed by atoms with E-state index < -0.39 is 11.7 Å².